The molecule has 0 saturated carbocycles. The topological polar surface area (TPSA) is 26.3 Å². The molecule has 0 aromatic carbocycles. The summed E-state index contributed by atoms with van der Waals surface area (Å²) in [4.78, 5) is 13.8. The summed E-state index contributed by atoms with van der Waals surface area (Å²) >= 11 is 0. The van der Waals surface area contributed by atoms with Gasteiger partial charge >= 0.3 is 5.97 Å². The Balaban J connectivity index is 5.03. The lowest BCUT2D eigenvalue weighted by Gasteiger charge is -2.33. The smallest absolute Gasteiger partial charge is 0.311 e. The van der Waals surface area contributed by atoms with Gasteiger partial charge in [0.25, 0.3) is 0 Å². The van der Waals surface area contributed by atoms with Gasteiger partial charge in [0.1, 0.15) is 0 Å². The second kappa shape index (κ2) is 31.1. The van der Waals surface area contributed by atoms with E-state index in [-0.39, 0.29) is 16.8 Å². The van der Waals surface area contributed by atoms with Gasteiger partial charge in [0.2, 0.25) is 0 Å². The van der Waals surface area contributed by atoms with Crippen molar-refractivity contribution in [3.63, 3.8) is 0 Å². The number of hydrogen-bond donors (Lipinski definition) is 0. The predicted molar refractivity (Wildman–Crippen MR) is 198 cm³/mol. The molecule has 0 aliphatic carbocycles. The molecule has 0 amide bonds. The van der Waals surface area contributed by atoms with E-state index < -0.39 is 0 Å². The van der Waals surface area contributed by atoms with Crippen LogP contribution in [0.1, 0.15) is 247 Å². The van der Waals surface area contributed by atoms with Crippen LogP contribution in [-0.4, -0.2) is 12.6 Å². The summed E-state index contributed by atoms with van der Waals surface area (Å²) in [5.74, 6) is 0.110. The third-order valence-corrected chi connectivity index (χ3v) is 10.5. The lowest BCUT2D eigenvalue weighted by molar-refractivity contribution is -0.160. The Hall–Kier alpha value is -0.530. The van der Waals surface area contributed by atoms with Gasteiger partial charge < -0.3 is 4.74 Å². The van der Waals surface area contributed by atoms with Gasteiger partial charge in [0, 0.05) is 5.41 Å². The number of ether oxygens (including phenoxy) is 1. The second-order valence-electron chi connectivity index (χ2n) is 15.4. The molecule has 44 heavy (non-hydrogen) atoms. The fourth-order valence-corrected chi connectivity index (χ4v) is 6.97. The van der Waals surface area contributed by atoms with E-state index in [4.69, 9.17) is 4.74 Å². The van der Waals surface area contributed by atoms with Crippen molar-refractivity contribution in [2.45, 2.75) is 247 Å². The Labute approximate surface area is 279 Å². The van der Waals surface area contributed by atoms with Crippen LogP contribution in [-0.2, 0) is 9.53 Å². The normalized spacial score (nSPS) is 14.4. The van der Waals surface area contributed by atoms with E-state index in [2.05, 4.69) is 41.5 Å². The van der Waals surface area contributed by atoms with Gasteiger partial charge in [-0.25, -0.2) is 0 Å². The summed E-state index contributed by atoms with van der Waals surface area (Å²) in [5.41, 5.74) is -0.186. The van der Waals surface area contributed by atoms with Crippen LogP contribution in [0.4, 0.5) is 0 Å². The van der Waals surface area contributed by atoms with Crippen LogP contribution in [0.5, 0.6) is 0 Å². The lowest BCUT2D eigenvalue weighted by Crippen LogP contribution is -2.34. The first-order valence-electron chi connectivity index (χ1n) is 20.5. The van der Waals surface area contributed by atoms with Crippen molar-refractivity contribution in [1.82, 2.24) is 0 Å². The van der Waals surface area contributed by atoms with Gasteiger partial charge in [0.05, 0.1) is 12.0 Å². The molecule has 0 aliphatic heterocycles. The van der Waals surface area contributed by atoms with E-state index >= 15 is 0 Å². The minimum absolute atomic E-state index is 0.110. The van der Waals surface area contributed by atoms with Crippen LogP contribution in [0.3, 0.4) is 0 Å². The maximum atomic E-state index is 13.8. The zero-order valence-corrected chi connectivity index (χ0v) is 31.7. The van der Waals surface area contributed by atoms with Crippen molar-refractivity contribution in [3.8, 4) is 0 Å². The van der Waals surface area contributed by atoms with Gasteiger partial charge in [-0.2, -0.15) is 0 Å². The van der Waals surface area contributed by atoms with E-state index in [0.29, 0.717) is 6.61 Å². The van der Waals surface area contributed by atoms with Crippen molar-refractivity contribution >= 4 is 5.97 Å². The SMILES string of the molecule is CCCCCCCCCCC(C)(CCCCCCCC)C(=O)OC[C@@](C)(CCCCCCCC)CCCCCCCCCC. The number of carbonyl (C=O) groups excluding carboxylic acids is 1. The first-order valence-corrected chi connectivity index (χ1v) is 20.5. The Kier molecular flexibility index (Phi) is 30.7. The highest BCUT2D eigenvalue weighted by Crippen LogP contribution is 2.36. The summed E-state index contributed by atoms with van der Waals surface area (Å²) in [6.45, 7) is 14.5. The molecule has 0 radical (unpaired) electrons. The van der Waals surface area contributed by atoms with Gasteiger partial charge in [-0.3, -0.25) is 4.79 Å². The molecule has 0 fully saturated rings. The minimum Gasteiger partial charge on any atom is -0.465 e. The fourth-order valence-electron chi connectivity index (χ4n) is 6.97. The van der Waals surface area contributed by atoms with Crippen LogP contribution >= 0.6 is 0 Å². The van der Waals surface area contributed by atoms with Crippen LogP contribution in [0.15, 0.2) is 0 Å². The molecular weight excluding hydrogens is 536 g/mol. The number of hydrogen-bond acceptors (Lipinski definition) is 2. The Bertz CT molecular complexity index is 601. The van der Waals surface area contributed by atoms with E-state index in [1.807, 2.05) is 0 Å². The zero-order valence-electron chi connectivity index (χ0n) is 31.7. The molecule has 0 saturated heterocycles. The van der Waals surface area contributed by atoms with E-state index in [0.717, 1.165) is 12.8 Å². The van der Waals surface area contributed by atoms with Crippen molar-refractivity contribution in [3.05, 3.63) is 0 Å². The summed E-state index contributed by atoms with van der Waals surface area (Å²) in [5, 5.41) is 0. The van der Waals surface area contributed by atoms with E-state index in [1.54, 1.807) is 0 Å². The molecular formula is C42H84O2. The van der Waals surface area contributed by atoms with Gasteiger partial charge in [-0.1, -0.05) is 214 Å². The summed E-state index contributed by atoms with van der Waals surface area (Å²) in [6.07, 6.45) is 41.6. The number of unbranched alkanes of at least 4 members (excludes halogenated alkanes) is 24. The summed E-state index contributed by atoms with van der Waals surface area (Å²) in [6, 6.07) is 0. The summed E-state index contributed by atoms with van der Waals surface area (Å²) in [7, 11) is 0. The van der Waals surface area contributed by atoms with Gasteiger partial charge in [0.15, 0.2) is 0 Å². The van der Waals surface area contributed by atoms with Crippen molar-refractivity contribution in [2.75, 3.05) is 6.61 Å². The number of esters is 1. The third kappa shape index (κ3) is 25.6. The first kappa shape index (κ1) is 43.5. The number of carbonyl (C=O) groups is 1. The van der Waals surface area contributed by atoms with Crippen molar-refractivity contribution < 1.29 is 9.53 Å². The summed E-state index contributed by atoms with van der Waals surface area (Å²) < 4.78 is 6.37. The third-order valence-electron chi connectivity index (χ3n) is 10.5. The monoisotopic (exact) mass is 621 g/mol. The van der Waals surface area contributed by atoms with Crippen LogP contribution in [0.2, 0.25) is 0 Å². The Morgan fingerprint density at radius 2 is 0.636 bits per heavy atom. The minimum atomic E-state index is -0.313. The highest BCUT2D eigenvalue weighted by atomic mass is 16.5. The molecule has 264 valence electrons. The number of rotatable bonds is 35. The molecule has 0 aromatic rings. The Morgan fingerprint density at radius 3 is 0.932 bits per heavy atom. The highest BCUT2D eigenvalue weighted by Gasteiger charge is 2.35. The second-order valence-corrected chi connectivity index (χ2v) is 15.4. The van der Waals surface area contributed by atoms with Crippen LogP contribution in [0.25, 0.3) is 0 Å². The van der Waals surface area contributed by atoms with E-state index in [9.17, 15) is 4.79 Å². The molecule has 2 heteroatoms. The van der Waals surface area contributed by atoms with Crippen LogP contribution in [0, 0.1) is 10.8 Å². The highest BCUT2D eigenvalue weighted by molar-refractivity contribution is 5.76. The molecule has 2 nitrogen and oxygen atoms in total. The molecule has 0 bridgehead atoms. The Morgan fingerprint density at radius 1 is 0.386 bits per heavy atom. The molecule has 0 rings (SSSR count). The maximum absolute atomic E-state index is 13.8. The predicted octanol–water partition coefficient (Wildman–Crippen LogP) is 15.1. The largest absolute Gasteiger partial charge is 0.465 e. The standard InChI is InChI=1S/C42H84O2/c1-7-11-15-19-23-25-28-32-36-41(5,35-31-27-21-17-13-9-3)39-44-40(43)42(6,37-33-29-22-18-14-10-4)38-34-30-26-24-20-16-12-8-2/h7-39H2,1-6H3/t41-,42?/m0/s1. The molecule has 2 atom stereocenters. The van der Waals surface area contributed by atoms with Gasteiger partial charge in [-0.15, -0.1) is 0 Å². The molecule has 1 unspecified atom stereocenters. The molecule has 0 N–H and O–H groups in total. The van der Waals surface area contributed by atoms with Gasteiger partial charge in [-0.05, 0) is 32.6 Å². The molecule has 0 aliphatic rings. The average molecular weight is 621 g/mol. The van der Waals surface area contributed by atoms with Crippen molar-refractivity contribution in [2.24, 2.45) is 10.8 Å². The molecule has 0 spiro atoms. The zero-order chi connectivity index (χ0) is 32.6. The quantitative estimate of drug-likeness (QED) is 0.0520. The van der Waals surface area contributed by atoms with Crippen LogP contribution < -0.4 is 0 Å². The molecule has 0 heterocycles. The first-order chi connectivity index (χ1) is 21.4. The maximum Gasteiger partial charge on any atom is 0.311 e. The van der Waals surface area contributed by atoms with Crippen molar-refractivity contribution in [1.29, 1.82) is 0 Å². The molecule has 0 aromatic heterocycles. The lowest BCUT2D eigenvalue weighted by atomic mass is 9.78. The average Bonchev–Trinajstić information content (AvgIpc) is 3.02. The fraction of sp³-hybridized carbons (Fsp3) is 0.976. The van der Waals surface area contributed by atoms with E-state index in [1.165, 1.54) is 193 Å².